The number of hydrogen-bond donors (Lipinski definition) is 0. The molecule has 13 heteroatoms. The van der Waals surface area contributed by atoms with Crippen molar-refractivity contribution in [3.63, 3.8) is 0 Å². The zero-order valence-corrected chi connectivity index (χ0v) is 28.7. The molecule has 2 aliphatic heterocycles. The van der Waals surface area contributed by atoms with Gasteiger partial charge in [-0.25, -0.2) is 4.79 Å². The largest absolute Gasteiger partial charge is 1.00 e. The number of para-hydroxylation sites is 2. The summed E-state index contributed by atoms with van der Waals surface area (Å²) in [7, 11) is -3.11. The van der Waals surface area contributed by atoms with Gasteiger partial charge >= 0.3 is 35.4 Å². The van der Waals surface area contributed by atoms with E-state index in [4.69, 9.17) is 17.5 Å². The normalized spacial score (nSPS) is 13.2. The molecule has 0 spiro atoms. The maximum Gasteiger partial charge on any atom is 1.00 e. The third-order valence-electron chi connectivity index (χ3n) is 7.15. The SMILES string of the molecule is O=S(=O)=O.[CH2-]CCSC(SCCCCCC(=O)ON1C(=O)CCC1=O)=C1c2ccccc2N(Cc2ccccc2)c2ccccc21.[Li+]. The Kier molecular flexibility index (Phi) is 15.9. The van der Waals surface area contributed by atoms with E-state index >= 15 is 0 Å². The Morgan fingerprint density at radius 3 is 1.87 bits per heavy atom. The number of imide groups is 1. The van der Waals surface area contributed by atoms with Gasteiger partial charge in [0, 0.05) is 58.1 Å². The molecule has 0 atom stereocenters. The summed E-state index contributed by atoms with van der Waals surface area (Å²) < 4.78 is 26.6. The third-order valence-corrected chi connectivity index (χ3v) is 9.78. The van der Waals surface area contributed by atoms with Crippen LogP contribution in [-0.2, 0) is 36.4 Å². The Morgan fingerprint density at radius 2 is 1.30 bits per heavy atom. The number of unbranched alkanes of at least 4 members (excludes halogenated alkanes) is 2. The Bertz CT molecular complexity index is 1610. The van der Waals surface area contributed by atoms with Crippen molar-refractivity contribution in [2.75, 3.05) is 16.4 Å². The molecule has 242 valence electrons. The van der Waals surface area contributed by atoms with Crippen molar-refractivity contribution >= 4 is 68.9 Å². The summed E-state index contributed by atoms with van der Waals surface area (Å²) in [4.78, 5) is 42.9. The number of carbonyl (C=O) groups excluding carboxylic acids is 3. The van der Waals surface area contributed by atoms with E-state index in [1.54, 1.807) is 0 Å². The molecule has 2 heterocycles. The number of benzene rings is 3. The van der Waals surface area contributed by atoms with Gasteiger partial charge in [0.05, 0.1) is 0 Å². The van der Waals surface area contributed by atoms with Crippen LogP contribution < -0.4 is 23.8 Å². The summed E-state index contributed by atoms with van der Waals surface area (Å²) in [6.45, 7) is 4.87. The topological polar surface area (TPSA) is 118 Å². The average molecular weight is 687 g/mol. The molecule has 1 saturated heterocycles. The number of fused-ring (bicyclic) bond motifs is 2. The first-order valence-electron chi connectivity index (χ1n) is 14.9. The van der Waals surface area contributed by atoms with Gasteiger partial charge in [-0.15, -0.1) is 41.2 Å². The molecule has 3 aromatic carbocycles. The Morgan fingerprint density at radius 1 is 0.766 bits per heavy atom. The quantitative estimate of drug-likeness (QED) is 0.113. The second kappa shape index (κ2) is 19.5. The number of amides is 2. The molecule has 0 unspecified atom stereocenters. The zero-order valence-electron chi connectivity index (χ0n) is 26.3. The predicted molar refractivity (Wildman–Crippen MR) is 181 cm³/mol. The summed E-state index contributed by atoms with van der Waals surface area (Å²) >= 11 is 3.73. The van der Waals surface area contributed by atoms with E-state index in [-0.39, 0.29) is 38.1 Å². The van der Waals surface area contributed by atoms with Crippen LogP contribution >= 0.6 is 23.5 Å². The second-order valence-electron chi connectivity index (χ2n) is 10.4. The van der Waals surface area contributed by atoms with E-state index in [9.17, 15) is 14.4 Å². The molecule has 9 nitrogen and oxygen atoms in total. The van der Waals surface area contributed by atoms with E-state index in [0.717, 1.165) is 37.3 Å². The van der Waals surface area contributed by atoms with Gasteiger partial charge in [0.2, 0.25) is 0 Å². The van der Waals surface area contributed by atoms with Crippen LogP contribution in [-0.4, -0.2) is 47.0 Å². The standard InChI is InChI=1S/C34H35N2O4S2.Li.O3S/c1-2-22-41-34(42-23-12-4-7-19-32(39)40-36-30(37)20-21-31(36)38)33-26-15-8-10-17-28(26)35(24-25-13-5-3-6-14-25)29-18-11-9-16-27(29)33;;1-4(2)3/h3,5-6,8-11,13-18H,1-2,4,7,12,19-24H2;;/q-1;+1;. The molecule has 0 bridgehead atoms. The molecule has 5 rings (SSSR count). The van der Waals surface area contributed by atoms with Crippen molar-refractivity contribution in [1.29, 1.82) is 0 Å². The van der Waals surface area contributed by atoms with Crippen LogP contribution in [0.2, 0.25) is 0 Å². The maximum atomic E-state index is 12.1. The van der Waals surface area contributed by atoms with Gasteiger partial charge in [0.25, 0.3) is 11.8 Å². The van der Waals surface area contributed by atoms with Gasteiger partial charge in [-0.05, 0) is 42.0 Å². The number of nitrogens with zero attached hydrogens (tertiary/aromatic N) is 2. The van der Waals surface area contributed by atoms with Crippen molar-refractivity contribution in [3.8, 4) is 0 Å². The molecular weight excluding hydrogens is 652 g/mol. The van der Waals surface area contributed by atoms with Gasteiger partial charge in [0.15, 0.2) is 0 Å². The van der Waals surface area contributed by atoms with Gasteiger partial charge in [-0.3, -0.25) is 9.59 Å². The average Bonchev–Trinajstić information content (AvgIpc) is 3.36. The molecular formula is C34H35LiN2O7S3. The van der Waals surface area contributed by atoms with Crippen LogP contribution in [0.5, 0.6) is 0 Å². The number of anilines is 2. The first kappa shape index (κ1) is 38.2. The fourth-order valence-electron chi connectivity index (χ4n) is 5.14. The predicted octanol–water partition coefficient (Wildman–Crippen LogP) is 3.91. The number of rotatable bonds is 13. The molecule has 0 aliphatic carbocycles. The van der Waals surface area contributed by atoms with Crippen molar-refractivity contribution in [1.82, 2.24) is 5.06 Å². The van der Waals surface area contributed by atoms with Gasteiger partial charge in [0.1, 0.15) is 0 Å². The van der Waals surface area contributed by atoms with Crippen LogP contribution in [0, 0.1) is 6.92 Å². The van der Waals surface area contributed by atoms with Gasteiger partial charge in [-0.2, -0.15) is 6.42 Å². The van der Waals surface area contributed by atoms with Crippen molar-refractivity contribution < 1.29 is 50.7 Å². The van der Waals surface area contributed by atoms with Crippen molar-refractivity contribution in [2.24, 2.45) is 0 Å². The van der Waals surface area contributed by atoms with E-state index in [0.29, 0.717) is 11.5 Å². The van der Waals surface area contributed by atoms with Gasteiger partial charge < -0.3 is 16.7 Å². The second-order valence-corrected chi connectivity index (χ2v) is 13.3. The van der Waals surface area contributed by atoms with Crippen LogP contribution in [0.3, 0.4) is 0 Å². The third kappa shape index (κ3) is 10.9. The number of carbonyl (C=O) groups is 3. The minimum absolute atomic E-state index is 0. The zero-order chi connectivity index (χ0) is 32.9. The Balaban J connectivity index is 0.00000114. The monoisotopic (exact) mass is 686 g/mol. The first-order chi connectivity index (χ1) is 22.3. The van der Waals surface area contributed by atoms with E-state index in [2.05, 4.69) is 90.7 Å². The van der Waals surface area contributed by atoms with Crippen LogP contribution in [0.25, 0.3) is 5.57 Å². The molecule has 0 radical (unpaired) electrons. The van der Waals surface area contributed by atoms with Crippen LogP contribution in [0.15, 0.2) is 83.1 Å². The fourth-order valence-corrected chi connectivity index (χ4v) is 7.57. The molecule has 1 fully saturated rings. The van der Waals surface area contributed by atoms with Crippen LogP contribution in [0.4, 0.5) is 11.4 Å². The molecule has 3 aromatic rings. The minimum Gasteiger partial charge on any atom is -0.343 e. The molecule has 0 aromatic heterocycles. The molecule has 47 heavy (non-hydrogen) atoms. The maximum absolute atomic E-state index is 12.1. The molecule has 2 amide bonds. The summed E-state index contributed by atoms with van der Waals surface area (Å²) in [5.41, 5.74) is 7.42. The van der Waals surface area contributed by atoms with E-state index in [1.807, 2.05) is 23.5 Å². The van der Waals surface area contributed by atoms with Gasteiger partial charge in [-0.1, -0.05) is 73.2 Å². The fraction of sp³-hybridized carbons (Fsp3) is 0.294. The summed E-state index contributed by atoms with van der Waals surface area (Å²) in [5, 5.41) is 0.622. The number of hydroxylamine groups is 2. The summed E-state index contributed by atoms with van der Waals surface area (Å²) in [6, 6.07) is 27.9. The number of thioether (sulfide) groups is 2. The molecule has 0 N–H and O–H groups in total. The van der Waals surface area contributed by atoms with Crippen LogP contribution in [0.1, 0.15) is 61.6 Å². The van der Waals surface area contributed by atoms with Crippen molar-refractivity contribution in [3.05, 3.63) is 107 Å². The van der Waals surface area contributed by atoms with Crippen molar-refractivity contribution in [2.45, 2.75) is 51.5 Å². The van der Waals surface area contributed by atoms with E-state index < -0.39 is 28.4 Å². The summed E-state index contributed by atoms with van der Waals surface area (Å²) in [5.74, 6) is 0.428. The minimum atomic E-state index is -3.11. The summed E-state index contributed by atoms with van der Waals surface area (Å²) in [6.07, 6.45) is 3.67. The molecule has 2 aliphatic rings. The molecule has 0 saturated carbocycles. The van der Waals surface area contributed by atoms with E-state index in [1.165, 1.54) is 37.9 Å². The Hall–Kier alpha value is -3.27. The number of hydrogen-bond acceptors (Lipinski definition) is 10. The first-order valence-corrected chi connectivity index (χ1v) is 17.9. The Labute approximate surface area is 297 Å². The smallest absolute Gasteiger partial charge is 0.343 e.